The van der Waals surface area contributed by atoms with E-state index in [4.69, 9.17) is 0 Å². The number of aromatic nitrogens is 2. The number of guanidine groups is 1. The summed E-state index contributed by atoms with van der Waals surface area (Å²) >= 11 is 0. The molecule has 0 aliphatic heterocycles. The fraction of sp³-hybridized carbons (Fsp3) is 0.333. The van der Waals surface area contributed by atoms with Crippen LogP contribution in [0, 0.1) is 0 Å². The van der Waals surface area contributed by atoms with Crippen LogP contribution in [0.3, 0.4) is 0 Å². The lowest BCUT2D eigenvalue weighted by Crippen LogP contribution is -2.39. The van der Waals surface area contributed by atoms with Gasteiger partial charge in [0.25, 0.3) is 0 Å². The molecule has 0 aliphatic rings. The van der Waals surface area contributed by atoms with Crippen molar-refractivity contribution < 1.29 is 0 Å². The molecular formula is C18H25N5. The average Bonchev–Trinajstić information content (AvgIpc) is 3.04. The molecule has 23 heavy (non-hydrogen) atoms. The van der Waals surface area contributed by atoms with E-state index in [0.29, 0.717) is 6.54 Å². The van der Waals surface area contributed by atoms with Crippen LogP contribution in [0.25, 0.3) is 11.3 Å². The molecule has 0 saturated carbocycles. The van der Waals surface area contributed by atoms with Crippen LogP contribution in [-0.2, 0) is 6.54 Å². The van der Waals surface area contributed by atoms with Crippen molar-refractivity contribution in [2.45, 2.75) is 19.9 Å². The second kappa shape index (κ2) is 8.78. The Labute approximate surface area is 138 Å². The Bertz CT molecular complexity index is 642. The minimum atomic E-state index is 0.677. The molecule has 0 fully saturated rings. The Balaban J connectivity index is 1.94. The van der Waals surface area contributed by atoms with E-state index in [9.17, 15) is 0 Å². The van der Waals surface area contributed by atoms with E-state index >= 15 is 0 Å². The first kappa shape index (κ1) is 16.8. The number of nitrogens with one attached hydrogen (secondary N) is 2. The highest BCUT2D eigenvalue weighted by atomic mass is 15.3. The molecule has 0 aliphatic carbocycles. The second-order valence-corrected chi connectivity index (χ2v) is 5.30. The zero-order valence-electron chi connectivity index (χ0n) is 14.1. The van der Waals surface area contributed by atoms with Crippen LogP contribution < -0.4 is 5.32 Å². The van der Waals surface area contributed by atoms with Crippen molar-refractivity contribution in [3.8, 4) is 11.3 Å². The van der Waals surface area contributed by atoms with Crippen molar-refractivity contribution in [3.05, 3.63) is 54.5 Å². The lowest BCUT2D eigenvalue weighted by atomic mass is 10.2. The number of hydrogen-bond donors (Lipinski definition) is 2. The van der Waals surface area contributed by atoms with Gasteiger partial charge < -0.3 is 15.2 Å². The molecule has 0 amide bonds. The minimum absolute atomic E-state index is 0.677. The predicted molar refractivity (Wildman–Crippen MR) is 96.3 cm³/mol. The van der Waals surface area contributed by atoms with Gasteiger partial charge in [0.2, 0.25) is 0 Å². The van der Waals surface area contributed by atoms with Crippen LogP contribution in [0.15, 0.2) is 53.7 Å². The zero-order valence-corrected chi connectivity index (χ0v) is 14.1. The van der Waals surface area contributed by atoms with Crippen LogP contribution >= 0.6 is 0 Å². The molecule has 5 heteroatoms. The van der Waals surface area contributed by atoms with Crippen LogP contribution in [0.4, 0.5) is 0 Å². The Kier molecular flexibility index (Phi) is 6.41. The lowest BCUT2D eigenvalue weighted by molar-refractivity contribution is 0.465. The lowest BCUT2D eigenvalue weighted by Gasteiger charge is -2.20. The molecule has 0 spiro atoms. The molecule has 5 nitrogen and oxygen atoms in total. The van der Waals surface area contributed by atoms with Crippen molar-refractivity contribution in [1.82, 2.24) is 20.2 Å². The maximum Gasteiger partial charge on any atom is 0.193 e. The molecule has 122 valence electrons. The Morgan fingerprint density at radius 2 is 2.13 bits per heavy atom. The van der Waals surface area contributed by atoms with E-state index in [-0.39, 0.29) is 0 Å². The molecule has 2 aromatic rings. The molecule has 0 radical (unpaired) electrons. The zero-order chi connectivity index (χ0) is 16.5. The number of aromatic amines is 1. The quantitative estimate of drug-likeness (QED) is 0.373. The van der Waals surface area contributed by atoms with Gasteiger partial charge in [0.15, 0.2) is 5.96 Å². The number of hydrogen-bond acceptors (Lipinski definition) is 2. The number of H-pyrrole nitrogens is 1. The number of aliphatic imine (C=N–C) groups is 1. The molecule has 2 rings (SSSR count). The van der Waals surface area contributed by atoms with Crippen molar-refractivity contribution in [2.24, 2.45) is 4.99 Å². The first-order valence-corrected chi connectivity index (χ1v) is 7.87. The molecular weight excluding hydrogens is 286 g/mol. The Morgan fingerprint density at radius 3 is 2.83 bits per heavy atom. The van der Waals surface area contributed by atoms with Gasteiger partial charge in [-0.25, -0.2) is 4.98 Å². The predicted octanol–water partition coefficient (Wildman–Crippen LogP) is 3.05. The van der Waals surface area contributed by atoms with Gasteiger partial charge in [-0.2, -0.15) is 0 Å². The summed E-state index contributed by atoms with van der Waals surface area (Å²) < 4.78 is 0. The number of nitrogens with zero attached hydrogens (tertiary/aromatic N) is 3. The van der Waals surface area contributed by atoms with Gasteiger partial charge in [0.1, 0.15) is 5.82 Å². The normalized spacial score (nSPS) is 11.9. The summed E-state index contributed by atoms with van der Waals surface area (Å²) in [5.41, 5.74) is 2.17. The van der Waals surface area contributed by atoms with Crippen LogP contribution in [-0.4, -0.2) is 41.5 Å². The Morgan fingerprint density at radius 1 is 1.35 bits per heavy atom. The largest absolute Gasteiger partial charge is 0.356 e. The van der Waals surface area contributed by atoms with Gasteiger partial charge in [0, 0.05) is 20.6 Å². The highest BCUT2D eigenvalue weighted by Crippen LogP contribution is 2.16. The summed E-state index contributed by atoms with van der Waals surface area (Å²) in [6.45, 7) is 3.58. The van der Waals surface area contributed by atoms with Crippen molar-refractivity contribution in [2.75, 3.05) is 20.6 Å². The fourth-order valence-electron chi connectivity index (χ4n) is 2.33. The van der Waals surface area contributed by atoms with E-state index in [0.717, 1.165) is 36.0 Å². The van der Waals surface area contributed by atoms with Gasteiger partial charge in [-0.15, -0.1) is 0 Å². The molecule has 0 atom stereocenters. The minimum Gasteiger partial charge on any atom is -0.356 e. The van der Waals surface area contributed by atoms with E-state index in [2.05, 4.69) is 49.5 Å². The number of benzene rings is 1. The summed E-state index contributed by atoms with van der Waals surface area (Å²) in [5.74, 6) is 1.79. The first-order chi connectivity index (χ1) is 11.2. The van der Waals surface area contributed by atoms with Crippen molar-refractivity contribution in [1.29, 1.82) is 0 Å². The van der Waals surface area contributed by atoms with Gasteiger partial charge in [-0.1, -0.05) is 42.5 Å². The highest BCUT2D eigenvalue weighted by molar-refractivity contribution is 5.79. The molecule has 1 aromatic carbocycles. The molecule has 0 saturated heterocycles. The Hall–Kier alpha value is -2.56. The number of imidazole rings is 1. The van der Waals surface area contributed by atoms with Gasteiger partial charge >= 0.3 is 0 Å². The second-order valence-electron chi connectivity index (χ2n) is 5.30. The van der Waals surface area contributed by atoms with E-state index in [1.807, 2.05) is 38.4 Å². The SMILES string of the molecule is C/C=C/CCNC(=NC)N(C)Cc1ncc(-c2ccccc2)[nH]1. The van der Waals surface area contributed by atoms with Crippen molar-refractivity contribution in [3.63, 3.8) is 0 Å². The highest BCUT2D eigenvalue weighted by Gasteiger charge is 2.09. The molecule has 1 heterocycles. The molecule has 1 aromatic heterocycles. The van der Waals surface area contributed by atoms with Crippen LogP contribution in [0.5, 0.6) is 0 Å². The summed E-state index contributed by atoms with van der Waals surface area (Å²) in [7, 11) is 3.81. The standard InChI is InChI=1S/C18H25N5/c1-4-5-9-12-20-18(19-2)23(3)14-17-21-13-16(22-17)15-10-7-6-8-11-15/h4-8,10-11,13H,9,12,14H2,1-3H3,(H,19,20)(H,21,22)/b5-4+. The van der Waals surface area contributed by atoms with Gasteiger partial charge in [-0.05, 0) is 18.9 Å². The fourth-order valence-corrected chi connectivity index (χ4v) is 2.33. The van der Waals surface area contributed by atoms with E-state index in [1.165, 1.54) is 0 Å². The van der Waals surface area contributed by atoms with Gasteiger partial charge in [0.05, 0.1) is 18.4 Å². The third-order valence-electron chi connectivity index (χ3n) is 3.50. The van der Waals surface area contributed by atoms with E-state index in [1.54, 1.807) is 7.05 Å². The number of allylic oxidation sites excluding steroid dienone is 1. The van der Waals surface area contributed by atoms with Gasteiger partial charge in [-0.3, -0.25) is 4.99 Å². The van der Waals surface area contributed by atoms with Crippen molar-refractivity contribution >= 4 is 5.96 Å². The molecule has 0 unspecified atom stereocenters. The molecule has 0 bridgehead atoms. The summed E-state index contributed by atoms with van der Waals surface area (Å²) in [4.78, 5) is 14.2. The molecule has 2 N–H and O–H groups in total. The van der Waals surface area contributed by atoms with Crippen LogP contribution in [0.2, 0.25) is 0 Å². The average molecular weight is 311 g/mol. The maximum absolute atomic E-state index is 4.47. The summed E-state index contributed by atoms with van der Waals surface area (Å²) in [6, 6.07) is 10.2. The summed E-state index contributed by atoms with van der Waals surface area (Å²) in [5, 5.41) is 3.35. The monoisotopic (exact) mass is 311 g/mol. The smallest absolute Gasteiger partial charge is 0.193 e. The third kappa shape index (κ3) is 4.98. The number of rotatable bonds is 6. The van der Waals surface area contributed by atoms with E-state index < -0.39 is 0 Å². The topological polar surface area (TPSA) is 56.3 Å². The first-order valence-electron chi connectivity index (χ1n) is 7.87. The summed E-state index contributed by atoms with van der Waals surface area (Å²) in [6.07, 6.45) is 7.06. The maximum atomic E-state index is 4.47. The van der Waals surface area contributed by atoms with Crippen LogP contribution in [0.1, 0.15) is 19.2 Å². The third-order valence-corrected chi connectivity index (χ3v) is 3.50.